The number of benzene rings is 1. The Labute approximate surface area is 252 Å². The van der Waals surface area contributed by atoms with Crippen LogP contribution in [0, 0.1) is 11.8 Å². The third-order valence-electron chi connectivity index (χ3n) is 10.00. The first-order valence-electron chi connectivity index (χ1n) is 15.3. The van der Waals surface area contributed by atoms with E-state index in [1.807, 2.05) is 12.1 Å². The molecule has 1 N–H and O–H groups in total. The number of ether oxygens (including phenoxy) is 5. The van der Waals surface area contributed by atoms with Crippen LogP contribution in [0.1, 0.15) is 57.6 Å². The fourth-order valence-corrected chi connectivity index (χ4v) is 8.10. The molecule has 43 heavy (non-hydrogen) atoms. The van der Waals surface area contributed by atoms with Gasteiger partial charge in [-0.1, -0.05) is 6.07 Å². The first kappa shape index (κ1) is 29.6. The molecular weight excluding hydrogens is 554 g/mol. The number of rotatable bonds is 5. The SMILES string of the molecule is COC(=O)C1CCN(C(=O)OC2=CC[C@H]3[C@H]4Cc5ccc(OC)c6c5[C@@]3(CCN4C)[C@H]2O6)C(CNC(=O)OC(C)(C)C)C1. The van der Waals surface area contributed by atoms with Crippen molar-refractivity contribution in [3.05, 3.63) is 35.1 Å². The van der Waals surface area contributed by atoms with Gasteiger partial charge in [-0.25, -0.2) is 9.59 Å². The molecule has 11 heteroatoms. The van der Waals surface area contributed by atoms with E-state index in [0.29, 0.717) is 36.3 Å². The van der Waals surface area contributed by atoms with Crippen LogP contribution in [0.15, 0.2) is 24.0 Å². The molecule has 6 rings (SSSR count). The number of nitrogens with zero attached hydrogens (tertiary/aromatic N) is 2. The first-order valence-corrected chi connectivity index (χ1v) is 15.3. The number of allylic oxidation sites excluding steroid dienone is 1. The lowest BCUT2D eigenvalue weighted by atomic mass is 9.53. The van der Waals surface area contributed by atoms with Crippen LogP contribution < -0.4 is 14.8 Å². The van der Waals surface area contributed by atoms with Crippen LogP contribution in [0.25, 0.3) is 0 Å². The smallest absolute Gasteiger partial charge is 0.415 e. The molecule has 1 spiro atoms. The average Bonchev–Trinajstić information content (AvgIpc) is 3.32. The van der Waals surface area contributed by atoms with Gasteiger partial charge in [0.25, 0.3) is 0 Å². The number of alkyl carbamates (subject to hydrolysis) is 1. The zero-order valence-corrected chi connectivity index (χ0v) is 25.9. The topological polar surface area (TPSA) is 116 Å². The third kappa shape index (κ3) is 4.99. The molecular formula is C32H43N3O8. The minimum absolute atomic E-state index is 0.114. The summed E-state index contributed by atoms with van der Waals surface area (Å²) in [5.74, 6) is 1.60. The number of likely N-dealkylation sites (N-methyl/N-ethyl adjacent to an activating group) is 1. The van der Waals surface area contributed by atoms with Gasteiger partial charge in [-0.3, -0.25) is 4.79 Å². The number of methoxy groups -OCH3 is 2. The van der Waals surface area contributed by atoms with Crippen molar-refractivity contribution < 1.29 is 38.1 Å². The van der Waals surface area contributed by atoms with E-state index in [2.05, 4.69) is 23.3 Å². The molecule has 1 aromatic rings. The Kier molecular flexibility index (Phi) is 7.51. The summed E-state index contributed by atoms with van der Waals surface area (Å²) in [6.07, 6.45) is 3.88. The van der Waals surface area contributed by atoms with Crippen molar-refractivity contribution in [3.8, 4) is 11.5 Å². The molecule has 3 heterocycles. The summed E-state index contributed by atoms with van der Waals surface area (Å²) >= 11 is 0. The number of carbonyl (C=O) groups excluding carboxylic acids is 3. The maximum atomic E-state index is 13.9. The summed E-state index contributed by atoms with van der Waals surface area (Å²) in [7, 11) is 5.21. The molecule has 0 aromatic heterocycles. The Balaban J connectivity index is 1.25. The van der Waals surface area contributed by atoms with Crippen LogP contribution in [0.5, 0.6) is 11.5 Å². The van der Waals surface area contributed by atoms with Crippen molar-refractivity contribution in [2.24, 2.45) is 11.8 Å². The van der Waals surface area contributed by atoms with Crippen molar-refractivity contribution in [1.82, 2.24) is 15.1 Å². The minimum Gasteiger partial charge on any atom is -0.493 e. The molecule has 6 atom stereocenters. The summed E-state index contributed by atoms with van der Waals surface area (Å²) in [4.78, 5) is 42.8. The molecule has 0 radical (unpaired) electrons. The Morgan fingerprint density at radius 2 is 1.95 bits per heavy atom. The molecule has 11 nitrogen and oxygen atoms in total. The number of esters is 1. The molecule has 234 valence electrons. The standard InChI is InChI=1S/C32H43N3O8/c1-31(2,3)43-29(37)33-17-20-15-19(28(36)40-6)11-13-35(20)30(38)41-24-10-8-21-22-16-18-7-9-23(39-5)26-25(18)32(21,27(24)42-26)12-14-34(22)4/h7,9-10,19-22,27H,8,11-17H2,1-6H3,(H,33,37)/t19?,20?,21-,22+,27-,32-/m0/s1. The van der Waals surface area contributed by atoms with Crippen molar-refractivity contribution in [2.45, 2.75) is 82.1 Å². The van der Waals surface area contributed by atoms with Crippen LogP contribution in [0.4, 0.5) is 9.59 Å². The van der Waals surface area contributed by atoms with Gasteiger partial charge >= 0.3 is 18.2 Å². The Morgan fingerprint density at radius 3 is 2.67 bits per heavy atom. The van der Waals surface area contributed by atoms with Crippen LogP contribution in [0.3, 0.4) is 0 Å². The summed E-state index contributed by atoms with van der Waals surface area (Å²) in [6, 6.07) is 4.02. The van der Waals surface area contributed by atoms with Crippen LogP contribution in [-0.4, -0.2) is 92.6 Å². The minimum atomic E-state index is -0.665. The second-order valence-corrected chi connectivity index (χ2v) is 13.5. The summed E-state index contributed by atoms with van der Waals surface area (Å²) in [5.41, 5.74) is 1.53. The molecule has 2 fully saturated rings. The highest BCUT2D eigenvalue weighted by atomic mass is 16.6. The number of likely N-dealkylation sites (tertiary alicyclic amines) is 2. The quantitative estimate of drug-likeness (QED) is 0.400. The maximum Gasteiger partial charge on any atom is 0.415 e. The molecule has 2 unspecified atom stereocenters. The largest absolute Gasteiger partial charge is 0.493 e. The van der Waals surface area contributed by atoms with Crippen molar-refractivity contribution in [2.75, 3.05) is 40.9 Å². The summed E-state index contributed by atoms with van der Waals surface area (Å²) in [5, 5.41) is 2.77. The second-order valence-electron chi connectivity index (χ2n) is 13.5. The highest BCUT2D eigenvalue weighted by molar-refractivity contribution is 5.75. The lowest BCUT2D eigenvalue weighted by molar-refractivity contribution is -0.147. The molecule has 2 bridgehead atoms. The normalized spacial score (nSPS) is 30.8. The third-order valence-corrected chi connectivity index (χ3v) is 10.00. The predicted octanol–water partition coefficient (Wildman–Crippen LogP) is 3.77. The molecule has 2 saturated heterocycles. The van der Waals surface area contributed by atoms with Crippen LogP contribution in [0.2, 0.25) is 0 Å². The van der Waals surface area contributed by atoms with E-state index in [9.17, 15) is 14.4 Å². The predicted molar refractivity (Wildman–Crippen MR) is 156 cm³/mol. The zero-order chi connectivity index (χ0) is 30.7. The molecule has 1 aromatic carbocycles. The van der Waals surface area contributed by atoms with Gasteiger partial charge in [0.05, 0.1) is 26.2 Å². The van der Waals surface area contributed by atoms with E-state index in [1.165, 1.54) is 18.2 Å². The van der Waals surface area contributed by atoms with Gasteiger partial charge in [0, 0.05) is 30.1 Å². The Hall–Kier alpha value is -3.47. The monoisotopic (exact) mass is 597 g/mol. The number of hydrogen-bond donors (Lipinski definition) is 1. The van der Waals surface area contributed by atoms with Crippen molar-refractivity contribution >= 4 is 18.2 Å². The molecule has 2 aliphatic carbocycles. The second kappa shape index (κ2) is 10.9. The number of carbonyl (C=O) groups is 3. The van der Waals surface area contributed by atoms with Gasteiger partial charge in [0.15, 0.2) is 17.6 Å². The van der Waals surface area contributed by atoms with E-state index in [1.54, 1.807) is 32.8 Å². The van der Waals surface area contributed by atoms with E-state index in [0.717, 1.165) is 31.6 Å². The number of amides is 2. The number of hydrogen-bond acceptors (Lipinski definition) is 9. The Bertz CT molecular complexity index is 1340. The lowest BCUT2D eigenvalue weighted by Gasteiger charge is -2.56. The van der Waals surface area contributed by atoms with E-state index in [4.69, 9.17) is 23.7 Å². The van der Waals surface area contributed by atoms with Gasteiger partial charge in [0.2, 0.25) is 0 Å². The Morgan fingerprint density at radius 1 is 1.16 bits per heavy atom. The summed E-state index contributed by atoms with van der Waals surface area (Å²) in [6.45, 7) is 6.68. The zero-order valence-electron chi connectivity index (χ0n) is 25.9. The fourth-order valence-electron chi connectivity index (χ4n) is 8.10. The average molecular weight is 598 g/mol. The van der Waals surface area contributed by atoms with Crippen LogP contribution >= 0.6 is 0 Å². The van der Waals surface area contributed by atoms with E-state index >= 15 is 0 Å². The molecule has 5 aliphatic rings. The van der Waals surface area contributed by atoms with E-state index < -0.39 is 29.9 Å². The number of piperidine rings is 2. The first-order chi connectivity index (χ1) is 20.5. The molecule has 2 amide bonds. The van der Waals surface area contributed by atoms with Gasteiger partial charge in [-0.05, 0) is 90.1 Å². The number of nitrogens with one attached hydrogen (secondary N) is 1. The van der Waals surface area contributed by atoms with E-state index in [-0.39, 0.29) is 30.4 Å². The maximum absolute atomic E-state index is 13.9. The fraction of sp³-hybridized carbons (Fsp3) is 0.656. The molecule has 3 aliphatic heterocycles. The molecule has 0 saturated carbocycles. The van der Waals surface area contributed by atoms with Crippen LogP contribution in [-0.2, 0) is 30.8 Å². The van der Waals surface area contributed by atoms with Crippen molar-refractivity contribution in [1.29, 1.82) is 0 Å². The van der Waals surface area contributed by atoms with Gasteiger partial charge in [-0.2, -0.15) is 0 Å². The highest BCUT2D eigenvalue weighted by Crippen LogP contribution is 2.63. The highest BCUT2D eigenvalue weighted by Gasteiger charge is 2.65. The van der Waals surface area contributed by atoms with Gasteiger partial charge in [0.1, 0.15) is 11.4 Å². The lowest BCUT2D eigenvalue weighted by Crippen LogP contribution is -2.63. The van der Waals surface area contributed by atoms with Gasteiger partial charge < -0.3 is 38.8 Å². The van der Waals surface area contributed by atoms with Crippen molar-refractivity contribution in [3.63, 3.8) is 0 Å². The summed E-state index contributed by atoms with van der Waals surface area (Å²) < 4.78 is 29.0. The van der Waals surface area contributed by atoms with Gasteiger partial charge in [-0.15, -0.1) is 0 Å².